The first kappa shape index (κ1) is 22.2. The molecule has 1 heterocycles. The lowest BCUT2D eigenvalue weighted by Crippen LogP contribution is -2.28. The first-order valence-electron chi connectivity index (χ1n) is 8.90. The standard InChI is InChI=1S/C20H17ClN4O5S/c1-13(26)24-31(29,30)17-8-6-16(7-9-17)23-19(27)11-25-12-22-18(10-20(25)28)14-2-4-15(21)5-3-14/h2-10,12H,11H2,1H3,(H,23,27)(H,24,26). The van der Waals surface area contributed by atoms with E-state index in [4.69, 9.17) is 11.6 Å². The molecule has 0 aliphatic carbocycles. The maximum atomic E-state index is 12.3. The zero-order chi connectivity index (χ0) is 22.6. The fraction of sp³-hybridized carbons (Fsp3) is 0.100. The molecule has 0 aliphatic heterocycles. The molecule has 2 N–H and O–H groups in total. The summed E-state index contributed by atoms with van der Waals surface area (Å²) in [5, 5.41) is 3.13. The summed E-state index contributed by atoms with van der Waals surface area (Å²) in [7, 11) is -3.96. The van der Waals surface area contributed by atoms with Crippen LogP contribution in [-0.4, -0.2) is 29.8 Å². The zero-order valence-electron chi connectivity index (χ0n) is 16.2. The van der Waals surface area contributed by atoms with Crippen LogP contribution in [-0.2, 0) is 26.2 Å². The molecule has 160 valence electrons. The molecule has 0 saturated carbocycles. The number of nitrogens with zero attached hydrogens (tertiary/aromatic N) is 2. The average molecular weight is 461 g/mol. The topological polar surface area (TPSA) is 127 Å². The van der Waals surface area contributed by atoms with Crippen molar-refractivity contribution < 1.29 is 18.0 Å². The highest BCUT2D eigenvalue weighted by Gasteiger charge is 2.15. The van der Waals surface area contributed by atoms with Gasteiger partial charge in [-0.15, -0.1) is 0 Å². The third-order valence-corrected chi connectivity index (χ3v) is 5.76. The molecular weight excluding hydrogens is 444 g/mol. The molecule has 2 aromatic carbocycles. The first-order chi connectivity index (χ1) is 14.6. The third-order valence-electron chi connectivity index (χ3n) is 4.06. The van der Waals surface area contributed by atoms with Crippen molar-refractivity contribution in [1.29, 1.82) is 0 Å². The van der Waals surface area contributed by atoms with Crippen molar-refractivity contribution >= 4 is 39.1 Å². The summed E-state index contributed by atoms with van der Waals surface area (Å²) in [4.78, 5) is 39.6. The van der Waals surface area contributed by atoms with Gasteiger partial charge in [-0.1, -0.05) is 23.7 Å². The molecule has 2 amide bonds. The summed E-state index contributed by atoms with van der Waals surface area (Å²) in [5.41, 5.74) is 1.08. The van der Waals surface area contributed by atoms with Gasteiger partial charge in [0.2, 0.25) is 11.8 Å². The van der Waals surface area contributed by atoms with Gasteiger partial charge in [-0.25, -0.2) is 18.1 Å². The van der Waals surface area contributed by atoms with Crippen LogP contribution < -0.4 is 15.6 Å². The van der Waals surface area contributed by atoms with E-state index in [0.717, 1.165) is 11.5 Å². The smallest absolute Gasteiger partial charge is 0.264 e. The second-order valence-electron chi connectivity index (χ2n) is 6.48. The molecule has 11 heteroatoms. The Balaban J connectivity index is 1.67. The minimum absolute atomic E-state index is 0.126. The third kappa shape index (κ3) is 5.77. The number of amides is 2. The minimum Gasteiger partial charge on any atom is -0.325 e. The van der Waals surface area contributed by atoms with Gasteiger partial charge in [0.15, 0.2) is 0 Å². The summed E-state index contributed by atoms with van der Waals surface area (Å²) in [6.45, 7) is 0.809. The number of hydrogen-bond acceptors (Lipinski definition) is 6. The van der Waals surface area contributed by atoms with Crippen molar-refractivity contribution in [2.24, 2.45) is 0 Å². The summed E-state index contributed by atoms with van der Waals surface area (Å²) in [5.74, 6) is -1.21. The molecule has 0 saturated heterocycles. The highest BCUT2D eigenvalue weighted by Crippen LogP contribution is 2.18. The van der Waals surface area contributed by atoms with Gasteiger partial charge in [0.1, 0.15) is 6.54 Å². The van der Waals surface area contributed by atoms with E-state index >= 15 is 0 Å². The molecule has 0 atom stereocenters. The molecule has 31 heavy (non-hydrogen) atoms. The predicted octanol–water partition coefficient (Wildman–Crippen LogP) is 2.03. The van der Waals surface area contributed by atoms with E-state index in [1.807, 2.05) is 4.72 Å². The van der Waals surface area contributed by atoms with Crippen LogP contribution in [0.3, 0.4) is 0 Å². The Labute approximate surface area is 182 Å². The molecule has 9 nitrogen and oxygen atoms in total. The van der Waals surface area contributed by atoms with Gasteiger partial charge >= 0.3 is 0 Å². The maximum Gasteiger partial charge on any atom is 0.264 e. The van der Waals surface area contributed by atoms with Gasteiger partial charge in [-0.05, 0) is 36.4 Å². The lowest BCUT2D eigenvalue weighted by molar-refractivity contribution is -0.117. The highest BCUT2D eigenvalue weighted by molar-refractivity contribution is 7.90. The monoisotopic (exact) mass is 460 g/mol. The van der Waals surface area contributed by atoms with Crippen molar-refractivity contribution in [1.82, 2.24) is 14.3 Å². The summed E-state index contributed by atoms with van der Waals surface area (Å²) in [6.07, 6.45) is 1.27. The molecule has 0 unspecified atom stereocenters. The Morgan fingerprint density at radius 1 is 1.06 bits per heavy atom. The normalized spacial score (nSPS) is 11.0. The Bertz CT molecular complexity index is 1290. The molecular formula is C20H17ClN4O5S. The van der Waals surface area contributed by atoms with Gasteiger partial charge in [0.05, 0.1) is 16.9 Å². The van der Waals surface area contributed by atoms with E-state index in [0.29, 0.717) is 22.0 Å². The van der Waals surface area contributed by atoms with Crippen molar-refractivity contribution in [3.63, 3.8) is 0 Å². The van der Waals surface area contributed by atoms with Gasteiger partial charge in [0.25, 0.3) is 15.6 Å². The molecule has 3 rings (SSSR count). The number of carbonyl (C=O) groups excluding carboxylic acids is 2. The SMILES string of the molecule is CC(=O)NS(=O)(=O)c1ccc(NC(=O)Cn2cnc(-c3ccc(Cl)cc3)cc2=O)cc1. The molecule has 0 radical (unpaired) electrons. The molecule has 0 spiro atoms. The summed E-state index contributed by atoms with van der Waals surface area (Å²) < 4.78 is 26.9. The number of benzene rings is 2. The molecule has 0 aliphatic rings. The number of halogens is 1. The van der Waals surface area contributed by atoms with Gasteiger partial charge < -0.3 is 5.32 Å². The van der Waals surface area contributed by atoms with Gasteiger partial charge in [-0.3, -0.25) is 19.0 Å². The molecule has 3 aromatic rings. The first-order valence-corrected chi connectivity index (χ1v) is 10.8. The van der Waals surface area contributed by atoms with Crippen LogP contribution in [0.15, 0.2) is 70.6 Å². The Hall–Kier alpha value is -3.50. The molecule has 0 bridgehead atoms. The second kappa shape index (κ2) is 9.11. The Kier molecular flexibility index (Phi) is 6.52. The lowest BCUT2D eigenvalue weighted by Gasteiger charge is -2.09. The van der Waals surface area contributed by atoms with Crippen LogP contribution in [0.2, 0.25) is 5.02 Å². The summed E-state index contributed by atoms with van der Waals surface area (Å²) in [6, 6.07) is 13.4. The van der Waals surface area contributed by atoms with Crippen LogP contribution in [0.25, 0.3) is 11.3 Å². The Morgan fingerprint density at radius 2 is 1.71 bits per heavy atom. The fourth-order valence-electron chi connectivity index (χ4n) is 2.64. The van der Waals surface area contributed by atoms with Crippen molar-refractivity contribution in [3.8, 4) is 11.3 Å². The number of sulfonamides is 1. The second-order valence-corrected chi connectivity index (χ2v) is 8.60. The predicted molar refractivity (Wildman–Crippen MR) is 115 cm³/mol. The van der Waals surface area contributed by atoms with Crippen LogP contribution in [0.5, 0.6) is 0 Å². The number of anilines is 1. The van der Waals surface area contributed by atoms with Crippen molar-refractivity contribution in [2.45, 2.75) is 18.4 Å². The van der Waals surface area contributed by atoms with E-state index in [9.17, 15) is 22.8 Å². The van der Waals surface area contributed by atoms with E-state index in [2.05, 4.69) is 10.3 Å². The zero-order valence-corrected chi connectivity index (χ0v) is 17.8. The fourth-order valence-corrected chi connectivity index (χ4v) is 3.76. The quantitative estimate of drug-likeness (QED) is 0.579. The number of nitrogens with one attached hydrogen (secondary N) is 2. The largest absolute Gasteiger partial charge is 0.325 e. The van der Waals surface area contributed by atoms with Crippen LogP contribution in [0, 0.1) is 0 Å². The number of carbonyl (C=O) groups is 2. The number of aromatic nitrogens is 2. The Morgan fingerprint density at radius 3 is 2.29 bits per heavy atom. The molecule has 0 fully saturated rings. The maximum absolute atomic E-state index is 12.3. The number of rotatable bonds is 6. The summed E-state index contributed by atoms with van der Waals surface area (Å²) >= 11 is 5.85. The van der Waals surface area contributed by atoms with E-state index in [1.165, 1.54) is 36.7 Å². The van der Waals surface area contributed by atoms with E-state index in [-0.39, 0.29) is 11.4 Å². The van der Waals surface area contributed by atoms with Crippen molar-refractivity contribution in [2.75, 3.05) is 5.32 Å². The minimum atomic E-state index is -3.96. The van der Waals surface area contributed by atoms with Crippen molar-refractivity contribution in [3.05, 3.63) is 76.3 Å². The molecule has 1 aromatic heterocycles. The average Bonchev–Trinajstić information content (AvgIpc) is 2.69. The van der Waals surface area contributed by atoms with Gasteiger partial charge in [-0.2, -0.15) is 0 Å². The van der Waals surface area contributed by atoms with Gasteiger partial charge in [0, 0.05) is 29.3 Å². The van der Waals surface area contributed by atoms with Crippen LogP contribution in [0.4, 0.5) is 5.69 Å². The van der Waals surface area contributed by atoms with Crippen LogP contribution in [0.1, 0.15) is 6.92 Å². The van der Waals surface area contributed by atoms with Crippen LogP contribution >= 0.6 is 11.6 Å². The van der Waals surface area contributed by atoms with E-state index < -0.39 is 27.4 Å². The van der Waals surface area contributed by atoms with E-state index in [1.54, 1.807) is 24.3 Å². The highest BCUT2D eigenvalue weighted by atomic mass is 35.5. The number of hydrogen-bond donors (Lipinski definition) is 2. The lowest BCUT2D eigenvalue weighted by atomic mass is 10.1.